The second-order valence-corrected chi connectivity index (χ2v) is 6.44. The first-order valence-corrected chi connectivity index (χ1v) is 7.83. The Labute approximate surface area is 117 Å². The number of ether oxygens (including phenoxy) is 1. The highest BCUT2D eigenvalue weighted by atomic mass is 79.9. The molecule has 0 saturated heterocycles. The third-order valence-electron chi connectivity index (χ3n) is 2.35. The quantitative estimate of drug-likeness (QED) is 0.567. The molecule has 1 atom stereocenters. The molecule has 0 radical (unpaired) electrons. The summed E-state index contributed by atoms with van der Waals surface area (Å²) < 4.78 is 34.7. The van der Waals surface area contributed by atoms with Crippen molar-refractivity contribution in [2.45, 2.75) is 30.8 Å². The van der Waals surface area contributed by atoms with E-state index in [2.05, 4.69) is 15.9 Å². The van der Waals surface area contributed by atoms with Crippen LogP contribution < -0.4 is 0 Å². The van der Waals surface area contributed by atoms with E-state index in [1.54, 1.807) is 26.2 Å². The Balaban J connectivity index is 2.61. The van der Waals surface area contributed by atoms with Crippen LogP contribution >= 0.6 is 15.9 Å². The molecule has 0 bridgehead atoms. The number of benzene rings is 1. The van der Waals surface area contributed by atoms with Crippen molar-refractivity contribution in [2.24, 2.45) is 0 Å². The van der Waals surface area contributed by atoms with Crippen molar-refractivity contribution < 1.29 is 17.3 Å². The van der Waals surface area contributed by atoms with Gasteiger partial charge in [0.15, 0.2) is 0 Å². The number of methoxy groups -OCH3 is 1. The van der Waals surface area contributed by atoms with Crippen LogP contribution in [0.1, 0.15) is 19.8 Å². The second kappa shape index (κ2) is 7.23. The number of rotatable bonds is 7. The summed E-state index contributed by atoms with van der Waals surface area (Å²) in [6.07, 6.45) is 1.06. The van der Waals surface area contributed by atoms with E-state index in [1.165, 1.54) is 12.1 Å². The van der Waals surface area contributed by atoms with Gasteiger partial charge < -0.3 is 4.74 Å². The molecule has 4 nitrogen and oxygen atoms in total. The fourth-order valence-electron chi connectivity index (χ4n) is 1.44. The van der Waals surface area contributed by atoms with Crippen LogP contribution in [-0.4, -0.2) is 28.2 Å². The van der Waals surface area contributed by atoms with Crippen LogP contribution in [0.2, 0.25) is 0 Å². The Morgan fingerprint density at radius 2 is 1.89 bits per heavy atom. The summed E-state index contributed by atoms with van der Waals surface area (Å²) in [5.41, 5.74) is 0. The average molecular weight is 337 g/mol. The largest absolute Gasteiger partial charge is 0.385 e. The lowest BCUT2D eigenvalue weighted by Crippen LogP contribution is -2.16. The Bertz CT molecular complexity index is 455. The van der Waals surface area contributed by atoms with Crippen LogP contribution in [0.3, 0.4) is 0 Å². The van der Waals surface area contributed by atoms with Crippen LogP contribution in [-0.2, 0) is 19.0 Å². The van der Waals surface area contributed by atoms with Crippen LogP contribution in [0, 0.1) is 0 Å². The molecule has 0 saturated carbocycles. The van der Waals surface area contributed by atoms with Crippen molar-refractivity contribution in [1.29, 1.82) is 0 Å². The van der Waals surface area contributed by atoms with Crippen LogP contribution in [0.25, 0.3) is 0 Å². The lowest BCUT2D eigenvalue weighted by Gasteiger charge is -2.12. The molecule has 1 unspecified atom stereocenters. The second-order valence-electron chi connectivity index (χ2n) is 3.95. The van der Waals surface area contributed by atoms with Crippen molar-refractivity contribution in [3.05, 3.63) is 28.7 Å². The van der Waals surface area contributed by atoms with E-state index in [0.29, 0.717) is 13.0 Å². The zero-order valence-corrected chi connectivity index (χ0v) is 12.8. The maximum absolute atomic E-state index is 11.9. The molecule has 0 N–H and O–H groups in total. The van der Waals surface area contributed by atoms with E-state index in [9.17, 15) is 8.42 Å². The predicted octanol–water partition coefficient (Wildman–Crippen LogP) is 2.97. The van der Waals surface area contributed by atoms with Gasteiger partial charge in [0.1, 0.15) is 0 Å². The van der Waals surface area contributed by atoms with Gasteiger partial charge in [-0.1, -0.05) is 15.9 Å². The zero-order valence-electron chi connectivity index (χ0n) is 10.4. The van der Waals surface area contributed by atoms with Gasteiger partial charge in [0.25, 0.3) is 10.1 Å². The van der Waals surface area contributed by atoms with E-state index in [0.717, 1.165) is 10.9 Å². The highest BCUT2D eigenvalue weighted by molar-refractivity contribution is 9.10. The Morgan fingerprint density at radius 3 is 2.44 bits per heavy atom. The average Bonchev–Trinajstić information content (AvgIpc) is 2.29. The first kappa shape index (κ1) is 15.6. The number of halogens is 1. The molecule has 0 heterocycles. The van der Waals surface area contributed by atoms with E-state index < -0.39 is 10.1 Å². The van der Waals surface area contributed by atoms with Crippen molar-refractivity contribution in [2.75, 3.05) is 13.7 Å². The fourth-order valence-corrected chi connectivity index (χ4v) is 2.81. The molecule has 0 aliphatic heterocycles. The van der Waals surface area contributed by atoms with Gasteiger partial charge in [-0.05, 0) is 44.0 Å². The van der Waals surface area contributed by atoms with Crippen molar-refractivity contribution in [3.63, 3.8) is 0 Å². The van der Waals surface area contributed by atoms with Crippen molar-refractivity contribution >= 4 is 26.0 Å². The fraction of sp³-hybridized carbons (Fsp3) is 0.500. The summed E-state index contributed by atoms with van der Waals surface area (Å²) in [4.78, 5) is 0.171. The molecule has 0 aromatic heterocycles. The smallest absolute Gasteiger partial charge is 0.297 e. The summed E-state index contributed by atoms with van der Waals surface area (Å²) in [5.74, 6) is 0. The molecule has 0 amide bonds. The molecular formula is C12H17BrO4S. The van der Waals surface area contributed by atoms with Gasteiger partial charge in [0.2, 0.25) is 0 Å². The van der Waals surface area contributed by atoms with Crippen LogP contribution in [0.5, 0.6) is 0 Å². The first-order chi connectivity index (χ1) is 8.45. The van der Waals surface area contributed by atoms with Crippen LogP contribution in [0.15, 0.2) is 33.6 Å². The Hall–Kier alpha value is -0.430. The summed E-state index contributed by atoms with van der Waals surface area (Å²) in [5, 5.41) is 0. The molecule has 0 spiro atoms. The standard InChI is InChI=1S/C12H17BrO4S/c1-10(4-3-9-16-2)17-18(14,15)12-7-5-11(13)6-8-12/h5-8,10H,3-4,9H2,1-2H3. The topological polar surface area (TPSA) is 52.6 Å². The third kappa shape index (κ3) is 5.06. The van der Waals surface area contributed by atoms with Crippen molar-refractivity contribution in [1.82, 2.24) is 0 Å². The van der Waals surface area contributed by atoms with Gasteiger partial charge in [0, 0.05) is 18.2 Å². The number of hydrogen-bond donors (Lipinski definition) is 0. The normalized spacial score (nSPS) is 13.5. The minimum Gasteiger partial charge on any atom is -0.385 e. The summed E-state index contributed by atoms with van der Waals surface area (Å²) in [6.45, 7) is 2.35. The van der Waals surface area contributed by atoms with Gasteiger partial charge in [-0.25, -0.2) is 0 Å². The third-order valence-corrected chi connectivity index (χ3v) is 4.31. The van der Waals surface area contributed by atoms with E-state index in [-0.39, 0.29) is 11.0 Å². The molecule has 18 heavy (non-hydrogen) atoms. The minimum atomic E-state index is -3.68. The maximum atomic E-state index is 11.9. The van der Waals surface area contributed by atoms with Gasteiger partial charge in [-0.2, -0.15) is 8.42 Å². The molecule has 0 aliphatic rings. The van der Waals surface area contributed by atoms with Gasteiger partial charge in [-0.3, -0.25) is 4.18 Å². The molecule has 1 rings (SSSR count). The summed E-state index contributed by atoms with van der Waals surface area (Å²) in [7, 11) is -2.06. The molecule has 6 heteroatoms. The van der Waals surface area contributed by atoms with Crippen molar-refractivity contribution in [3.8, 4) is 0 Å². The molecule has 1 aromatic carbocycles. The first-order valence-electron chi connectivity index (χ1n) is 5.63. The molecule has 102 valence electrons. The predicted molar refractivity (Wildman–Crippen MR) is 73.0 cm³/mol. The molecule has 0 fully saturated rings. The number of hydrogen-bond acceptors (Lipinski definition) is 4. The molecule has 0 aliphatic carbocycles. The monoisotopic (exact) mass is 336 g/mol. The lowest BCUT2D eigenvalue weighted by atomic mass is 10.2. The summed E-state index contributed by atoms with van der Waals surface area (Å²) >= 11 is 3.26. The van der Waals surface area contributed by atoms with Crippen LogP contribution in [0.4, 0.5) is 0 Å². The SMILES string of the molecule is COCCCC(C)OS(=O)(=O)c1ccc(Br)cc1. The van der Waals surface area contributed by atoms with Gasteiger partial charge >= 0.3 is 0 Å². The molecule has 1 aromatic rings. The Morgan fingerprint density at radius 1 is 1.28 bits per heavy atom. The van der Waals surface area contributed by atoms with Gasteiger partial charge in [-0.15, -0.1) is 0 Å². The van der Waals surface area contributed by atoms with E-state index in [4.69, 9.17) is 8.92 Å². The Kier molecular flexibility index (Phi) is 6.28. The maximum Gasteiger partial charge on any atom is 0.297 e. The lowest BCUT2D eigenvalue weighted by molar-refractivity contribution is 0.163. The highest BCUT2D eigenvalue weighted by Crippen LogP contribution is 2.18. The molecular weight excluding hydrogens is 320 g/mol. The zero-order chi connectivity index (χ0) is 13.6. The van der Waals surface area contributed by atoms with Gasteiger partial charge in [0.05, 0.1) is 11.0 Å². The minimum absolute atomic E-state index is 0.171. The van der Waals surface area contributed by atoms with E-state index >= 15 is 0 Å². The summed E-state index contributed by atoms with van der Waals surface area (Å²) in [6, 6.07) is 6.38. The van der Waals surface area contributed by atoms with E-state index in [1.807, 2.05) is 0 Å². The highest BCUT2D eigenvalue weighted by Gasteiger charge is 2.18.